The summed E-state index contributed by atoms with van der Waals surface area (Å²) in [6.07, 6.45) is 0.809. The highest BCUT2D eigenvalue weighted by molar-refractivity contribution is 7.80. The van der Waals surface area contributed by atoms with Crippen LogP contribution in [0, 0.1) is 5.92 Å². The molecular weight excluding hydrogens is 426 g/mol. The van der Waals surface area contributed by atoms with Gasteiger partial charge in [0.05, 0.1) is 12.1 Å². The summed E-state index contributed by atoms with van der Waals surface area (Å²) in [5.74, 6) is -3.39. The van der Waals surface area contributed by atoms with Gasteiger partial charge in [-0.25, -0.2) is 4.79 Å². The number of hydrogen-bond acceptors (Lipinski definition) is 8. The van der Waals surface area contributed by atoms with Crippen LogP contribution in [0.1, 0.15) is 46.5 Å². The highest BCUT2D eigenvalue weighted by atomic mass is 32.1. The standard InChI is InChI=1S/C19H37N5O6S/c1-10(2)8-13(22-16(26)12(21)6-4-5-7-20)17(27)23-14(9-31)18(28)24-15(11(3)25)19(29)30/h10-15,25,31H,4-9,20-21H2,1-3H3,(H,22,26)(H,23,27)(H,24,28)(H,29,30). The smallest absolute Gasteiger partial charge is 0.328 e. The number of carboxylic acids is 1. The van der Waals surface area contributed by atoms with Crippen molar-refractivity contribution in [3.8, 4) is 0 Å². The molecule has 0 heterocycles. The van der Waals surface area contributed by atoms with Gasteiger partial charge in [0.2, 0.25) is 17.7 Å². The second-order valence-electron chi connectivity index (χ2n) is 7.89. The van der Waals surface area contributed by atoms with E-state index in [4.69, 9.17) is 16.6 Å². The van der Waals surface area contributed by atoms with E-state index in [1.807, 2.05) is 13.8 Å². The molecule has 0 aromatic rings. The molecule has 31 heavy (non-hydrogen) atoms. The number of rotatable bonds is 15. The van der Waals surface area contributed by atoms with Gasteiger partial charge in [0.25, 0.3) is 0 Å². The first-order chi connectivity index (χ1) is 14.4. The molecule has 0 saturated carbocycles. The van der Waals surface area contributed by atoms with E-state index in [0.29, 0.717) is 25.8 Å². The molecular formula is C19H37N5O6S. The van der Waals surface area contributed by atoms with Crippen LogP contribution in [0.2, 0.25) is 0 Å². The van der Waals surface area contributed by atoms with Crippen LogP contribution < -0.4 is 27.4 Å². The molecule has 0 aromatic carbocycles. The zero-order valence-electron chi connectivity index (χ0n) is 18.3. The van der Waals surface area contributed by atoms with E-state index < -0.39 is 54.0 Å². The molecule has 5 atom stereocenters. The van der Waals surface area contributed by atoms with Crippen LogP contribution in [0.25, 0.3) is 0 Å². The lowest BCUT2D eigenvalue weighted by molar-refractivity contribution is -0.145. The van der Waals surface area contributed by atoms with Gasteiger partial charge in [0, 0.05) is 5.75 Å². The highest BCUT2D eigenvalue weighted by Gasteiger charge is 2.31. The molecule has 0 aliphatic carbocycles. The molecule has 0 saturated heterocycles. The van der Waals surface area contributed by atoms with Crippen molar-refractivity contribution in [2.45, 2.75) is 76.7 Å². The molecule has 0 radical (unpaired) electrons. The Hall–Kier alpha value is -1.89. The predicted molar refractivity (Wildman–Crippen MR) is 119 cm³/mol. The van der Waals surface area contributed by atoms with Crippen LogP contribution in [0.3, 0.4) is 0 Å². The number of hydrogen-bond donors (Lipinski definition) is 8. The third kappa shape index (κ3) is 11.3. The lowest BCUT2D eigenvalue weighted by Gasteiger charge is -2.25. The molecule has 0 fully saturated rings. The number of carbonyl (C=O) groups excluding carboxylic acids is 3. The Morgan fingerprint density at radius 2 is 1.48 bits per heavy atom. The average molecular weight is 464 g/mol. The van der Waals surface area contributed by atoms with Crippen molar-refractivity contribution in [3.63, 3.8) is 0 Å². The van der Waals surface area contributed by atoms with E-state index in [2.05, 4.69) is 28.6 Å². The van der Waals surface area contributed by atoms with Gasteiger partial charge in [-0.05, 0) is 38.6 Å². The molecule has 11 nitrogen and oxygen atoms in total. The van der Waals surface area contributed by atoms with Crippen molar-refractivity contribution in [2.24, 2.45) is 17.4 Å². The van der Waals surface area contributed by atoms with Gasteiger partial charge in [0.1, 0.15) is 12.1 Å². The molecule has 0 rings (SSSR count). The molecule has 9 N–H and O–H groups in total. The number of carbonyl (C=O) groups is 4. The van der Waals surface area contributed by atoms with Gasteiger partial charge in [-0.2, -0.15) is 12.6 Å². The van der Waals surface area contributed by atoms with Crippen LogP contribution in [-0.2, 0) is 19.2 Å². The van der Waals surface area contributed by atoms with Crippen LogP contribution in [0.15, 0.2) is 0 Å². The fourth-order valence-electron chi connectivity index (χ4n) is 2.73. The first-order valence-electron chi connectivity index (χ1n) is 10.3. The number of nitrogens with one attached hydrogen (secondary N) is 3. The normalized spacial score (nSPS) is 16.0. The molecule has 180 valence electrons. The highest BCUT2D eigenvalue weighted by Crippen LogP contribution is 2.07. The zero-order valence-corrected chi connectivity index (χ0v) is 19.2. The minimum atomic E-state index is -1.54. The molecule has 0 aliphatic heterocycles. The lowest BCUT2D eigenvalue weighted by Crippen LogP contribution is -2.59. The Labute approximate surface area is 188 Å². The quantitative estimate of drug-likeness (QED) is 0.104. The first-order valence-corrected chi connectivity index (χ1v) is 11.0. The van der Waals surface area contributed by atoms with Gasteiger partial charge < -0.3 is 37.6 Å². The minimum Gasteiger partial charge on any atom is -0.480 e. The maximum Gasteiger partial charge on any atom is 0.328 e. The number of nitrogens with two attached hydrogens (primary N) is 2. The molecule has 3 amide bonds. The maximum absolute atomic E-state index is 12.8. The Bertz CT molecular complexity index is 604. The lowest BCUT2D eigenvalue weighted by atomic mass is 10.0. The number of carboxylic acid groups (broad SMARTS) is 1. The largest absolute Gasteiger partial charge is 0.480 e. The van der Waals surface area contributed by atoms with Crippen molar-refractivity contribution in [2.75, 3.05) is 12.3 Å². The van der Waals surface area contributed by atoms with E-state index in [1.165, 1.54) is 6.92 Å². The molecule has 0 bridgehead atoms. The average Bonchev–Trinajstić information content (AvgIpc) is 2.68. The van der Waals surface area contributed by atoms with Crippen LogP contribution in [-0.4, -0.2) is 76.5 Å². The van der Waals surface area contributed by atoms with Crippen LogP contribution in [0.4, 0.5) is 0 Å². The summed E-state index contributed by atoms with van der Waals surface area (Å²) in [6, 6.07) is -4.43. The third-order valence-corrected chi connectivity index (χ3v) is 4.87. The fourth-order valence-corrected chi connectivity index (χ4v) is 2.99. The molecule has 0 spiro atoms. The number of aliphatic carboxylic acids is 1. The van der Waals surface area contributed by atoms with Gasteiger partial charge in [-0.1, -0.05) is 20.3 Å². The van der Waals surface area contributed by atoms with Gasteiger partial charge >= 0.3 is 5.97 Å². The predicted octanol–water partition coefficient (Wildman–Crippen LogP) is -1.66. The molecule has 5 unspecified atom stereocenters. The van der Waals surface area contributed by atoms with E-state index >= 15 is 0 Å². The Morgan fingerprint density at radius 1 is 0.935 bits per heavy atom. The summed E-state index contributed by atoms with van der Waals surface area (Å²) in [5.41, 5.74) is 11.3. The van der Waals surface area contributed by atoms with Gasteiger partial charge in [0.15, 0.2) is 6.04 Å². The monoisotopic (exact) mass is 463 g/mol. The summed E-state index contributed by atoms with van der Waals surface area (Å²) in [5, 5.41) is 25.9. The number of aliphatic hydroxyl groups excluding tert-OH is 1. The van der Waals surface area contributed by atoms with Gasteiger partial charge in [-0.3, -0.25) is 14.4 Å². The van der Waals surface area contributed by atoms with Crippen molar-refractivity contribution >= 4 is 36.3 Å². The molecule has 0 aromatic heterocycles. The SMILES string of the molecule is CC(C)CC(NC(=O)C(N)CCCCN)C(=O)NC(CS)C(=O)NC(C(=O)O)C(C)O. The summed E-state index contributed by atoms with van der Waals surface area (Å²) >= 11 is 4.04. The van der Waals surface area contributed by atoms with Gasteiger partial charge in [-0.15, -0.1) is 0 Å². The topological polar surface area (TPSA) is 197 Å². The maximum atomic E-state index is 12.8. The van der Waals surface area contributed by atoms with E-state index in [9.17, 15) is 24.3 Å². The van der Waals surface area contributed by atoms with Crippen molar-refractivity contribution < 1.29 is 29.4 Å². The second kappa shape index (κ2) is 15.0. The van der Waals surface area contributed by atoms with Crippen LogP contribution >= 0.6 is 12.6 Å². The fraction of sp³-hybridized carbons (Fsp3) is 0.789. The van der Waals surface area contributed by atoms with Crippen molar-refractivity contribution in [3.05, 3.63) is 0 Å². The number of aliphatic hydroxyl groups is 1. The number of thiol groups is 1. The van der Waals surface area contributed by atoms with Crippen LogP contribution in [0.5, 0.6) is 0 Å². The van der Waals surface area contributed by atoms with Crippen molar-refractivity contribution in [1.29, 1.82) is 0 Å². The Morgan fingerprint density at radius 3 is 1.94 bits per heavy atom. The number of unbranched alkanes of at least 4 members (excludes halogenated alkanes) is 1. The summed E-state index contributed by atoms with van der Waals surface area (Å²) in [6.45, 7) is 5.46. The molecule has 12 heteroatoms. The minimum absolute atomic E-state index is 0.0550. The summed E-state index contributed by atoms with van der Waals surface area (Å²) in [7, 11) is 0. The number of amides is 3. The summed E-state index contributed by atoms with van der Waals surface area (Å²) in [4.78, 5) is 48.7. The van der Waals surface area contributed by atoms with E-state index in [-0.39, 0.29) is 11.7 Å². The van der Waals surface area contributed by atoms with E-state index in [1.54, 1.807) is 0 Å². The Balaban J connectivity index is 5.15. The molecule has 0 aliphatic rings. The van der Waals surface area contributed by atoms with Crippen molar-refractivity contribution in [1.82, 2.24) is 16.0 Å². The Kier molecular flexibility index (Phi) is 14.1. The second-order valence-corrected chi connectivity index (χ2v) is 8.26. The first kappa shape index (κ1) is 29.1. The zero-order chi connectivity index (χ0) is 24.1. The summed E-state index contributed by atoms with van der Waals surface area (Å²) < 4.78 is 0. The van der Waals surface area contributed by atoms with E-state index in [0.717, 1.165) is 6.42 Å². The third-order valence-electron chi connectivity index (χ3n) is 4.51.